The van der Waals surface area contributed by atoms with Gasteiger partial charge in [-0.3, -0.25) is 4.79 Å². The van der Waals surface area contributed by atoms with Crippen molar-refractivity contribution < 1.29 is 9.21 Å². The number of rotatable bonds is 4. The van der Waals surface area contributed by atoms with Crippen LogP contribution in [0.1, 0.15) is 34.9 Å². The first-order valence-corrected chi connectivity index (χ1v) is 6.07. The van der Waals surface area contributed by atoms with E-state index in [1.165, 1.54) is 4.90 Å². The highest BCUT2D eigenvalue weighted by Crippen LogP contribution is 2.10. The van der Waals surface area contributed by atoms with Gasteiger partial charge in [0.1, 0.15) is 5.69 Å². The highest BCUT2D eigenvalue weighted by molar-refractivity contribution is 5.93. The lowest BCUT2D eigenvalue weighted by molar-refractivity contribution is 0.0762. The Hall–Kier alpha value is -2.18. The summed E-state index contributed by atoms with van der Waals surface area (Å²) >= 11 is 0. The molecule has 0 saturated carbocycles. The quantitative estimate of drug-likeness (QED) is 0.820. The zero-order chi connectivity index (χ0) is 14.0. The van der Waals surface area contributed by atoms with Crippen LogP contribution in [0.5, 0.6) is 0 Å². The van der Waals surface area contributed by atoms with Crippen LogP contribution in [0.25, 0.3) is 0 Å². The Bertz CT molecular complexity index is 567. The fourth-order valence-corrected chi connectivity index (χ4v) is 1.80. The van der Waals surface area contributed by atoms with Crippen LogP contribution < -0.4 is 0 Å². The molecule has 7 nitrogen and oxygen atoms in total. The van der Waals surface area contributed by atoms with Gasteiger partial charge in [0, 0.05) is 20.5 Å². The van der Waals surface area contributed by atoms with Gasteiger partial charge in [-0.15, -0.1) is 10.2 Å². The second-order valence-electron chi connectivity index (χ2n) is 4.39. The Morgan fingerprint density at radius 2 is 2.11 bits per heavy atom. The average Bonchev–Trinajstić information content (AvgIpc) is 2.96. The second kappa shape index (κ2) is 5.21. The van der Waals surface area contributed by atoms with Crippen LogP contribution in [0.4, 0.5) is 0 Å². The van der Waals surface area contributed by atoms with Crippen LogP contribution in [0.3, 0.4) is 0 Å². The van der Waals surface area contributed by atoms with E-state index >= 15 is 0 Å². The van der Waals surface area contributed by atoms with Gasteiger partial charge in [0.25, 0.3) is 5.91 Å². The number of hydrogen-bond donors (Lipinski definition) is 0. The molecule has 2 heterocycles. The molecule has 0 aliphatic heterocycles. The molecule has 0 saturated heterocycles. The third kappa shape index (κ3) is 2.64. The standard InChI is InChI=1S/C12H17N5O2/c1-5-9-14-15-10(19-9)6-16(3)12(18)11-8(2)13-7-17(11)4/h7H,5-6H2,1-4H3. The van der Waals surface area contributed by atoms with E-state index in [2.05, 4.69) is 15.2 Å². The van der Waals surface area contributed by atoms with Crippen molar-refractivity contribution in [2.45, 2.75) is 26.8 Å². The highest BCUT2D eigenvalue weighted by atomic mass is 16.4. The number of amides is 1. The van der Waals surface area contributed by atoms with Gasteiger partial charge in [-0.2, -0.15) is 0 Å². The molecule has 0 spiro atoms. The summed E-state index contributed by atoms with van der Waals surface area (Å²) in [5, 5.41) is 7.78. The van der Waals surface area contributed by atoms with Gasteiger partial charge < -0.3 is 13.9 Å². The lowest BCUT2D eigenvalue weighted by Crippen LogP contribution is -2.28. The number of imidazole rings is 1. The smallest absolute Gasteiger partial charge is 0.272 e. The van der Waals surface area contributed by atoms with E-state index in [-0.39, 0.29) is 12.5 Å². The number of carbonyl (C=O) groups is 1. The first kappa shape index (κ1) is 13.3. The monoisotopic (exact) mass is 263 g/mol. The summed E-state index contributed by atoms with van der Waals surface area (Å²) in [6.07, 6.45) is 2.31. The molecule has 19 heavy (non-hydrogen) atoms. The number of aromatic nitrogens is 4. The highest BCUT2D eigenvalue weighted by Gasteiger charge is 2.20. The van der Waals surface area contributed by atoms with Crippen LogP contribution >= 0.6 is 0 Å². The topological polar surface area (TPSA) is 77.1 Å². The minimum Gasteiger partial charge on any atom is -0.423 e. The lowest BCUT2D eigenvalue weighted by atomic mass is 10.3. The third-order valence-electron chi connectivity index (χ3n) is 2.85. The third-order valence-corrected chi connectivity index (χ3v) is 2.85. The van der Waals surface area contributed by atoms with E-state index in [1.807, 2.05) is 13.8 Å². The molecule has 2 aromatic heterocycles. The molecule has 0 bridgehead atoms. The van der Waals surface area contributed by atoms with Gasteiger partial charge in [-0.25, -0.2) is 4.98 Å². The maximum absolute atomic E-state index is 12.3. The minimum atomic E-state index is -0.117. The van der Waals surface area contributed by atoms with Crippen LogP contribution in [0.15, 0.2) is 10.7 Å². The fourth-order valence-electron chi connectivity index (χ4n) is 1.80. The fraction of sp³-hybridized carbons (Fsp3) is 0.500. The number of aryl methyl sites for hydroxylation is 3. The summed E-state index contributed by atoms with van der Waals surface area (Å²) in [6.45, 7) is 4.03. The zero-order valence-electron chi connectivity index (χ0n) is 11.5. The number of carbonyl (C=O) groups excluding carboxylic acids is 1. The molecule has 0 fully saturated rings. The Balaban J connectivity index is 2.11. The van der Waals surface area contributed by atoms with Crippen molar-refractivity contribution in [3.8, 4) is 0 Å². The molecule has 1 amide bonds. The Morgan fingerprint density at radius 1 is 1.42 bits per heavy atom. The largest absolute Gasteiger partial charge is 0.423 e. The normalized spacial score (nSPS) is 10.7. The second-order valence-corrected chi connectivity index (χ2v) is 4.39. The molecule has 0 aromatic carbocycles. The Labute approximate surface area is 111 Å². The van der Waals surface area contributed by atoms with Crippen molar-refractivity contribution in [1.29, 1.82) is 0 Å². The van der Waals surface area contributed by atoms with Gasteiger partial charge in [0.2, 0.25) is 11.8 Å². The molecule has 0 radical (unpaired) electrons. The van der Waals surface area contributed by atoms with Crippen LogP contribution in [-0.4, -0.2) is 37.6 Å². The molecule has 0 atom stereocenters. The van der Waals surface area contributed by atoms with Gasteiger partial charge in [-0.05, 0) is 6.92 Å². The molecule has 2 rings (SSSR count). The average molecular weight is 263 g/mol. The molecule has 0 N–H and O–H groups in total. The molecular weight excluding hydrogens is 246 g/mol. The van der Waals surface area contributed by atoms with Crippen molar-refractivity contribution in [3.05, 3.63) is 29.5 Å². The maximum Gasteiger partial charge on any atom is 0.272 e. The first-order valence-electron chi connectivity index (χ1n) is 6.07. The van der Waals surface area contributed by atoms with E-state index in [9.17, 15) is 4.79 Å². The van der Waals surface area contributed by atoms with Crippen molar-refractivity contribution in [2.75, 3.05) is 7.05 Å². The van der Waals surface area contributed by atoms with Gasteiger partial charge in [0.15, 0.2) is 0 Å². The lowest BCUT2D eigenvalue weighted by Gasteiger charge is -2.15. The summed E-state index contributed by atoms with van der Waals surface area (Å²) in [4.78, 5) is 18.0. The molecule has 0 aliphatic rings. The Morgan fingerprint density at radius 3 is 2.63 bits per heavy atom. The van der Waals surface area contributed by atoms with Crippen molar-refractivity contribution in [3.63, 3.8) is 0 Å². The molecule has 7 heteroatoms. The molecular formula is C12H17N5O2. The summed E-state index contributed by atoms with van der Waals surface area (Å²) in [5.41, 5.74) is 1.27. The summed E-state index contributed by atoms with van der Waals surface area (Å²) in [6, 6.07) is 0. The zero-order valence-corrected chi connectivity index (χ0v) is 11.5. The summed E-state index contributed by atoms with van der Waals surface area (Å²) < 4.78 is 7.10. The van der Waals surface area contributed by atoms with Crippen LogP contribution in [0.2, 0.25) is 0 Å². The summed E-state index contributed by atoms with van der Waals surface area (Å²) in [5.74, 6) is 0.897. The van der Waals surface area contributed by atoms with Gasteiger partial charge in [0.05, 0.1) is 18.6 Å². The summed E-state index contributed by atoms with van der Waals surface area (Å²) in [7, 11) is 3.49. The van der Waals surface area contributed by atoms with Gasteiger partial charge in [-0.1, -0.05) is 6.92 Å². The maximum atomic E-state index is 12.3. The molecule has 0 unspecified atom stereocenters. The molecule has 0 aliphatic carbocycles. The minimum absolute atomic E-state index is 0.117. The van der Waals surface area contributed by atoms with Crippen LogP contribution in [0, 0.1) is 6.92 Å². The Kier molecular flexibility index (Phi) is 3.64. The predicted octanol–water partition coefficient (Wildman–Crippen LogP) is 0.946. The molecule has 2 aromatic rings. The predicted molar refractivity (Wildman–Crippen MR) is 67.4 cm³/mol. The van der Waals surface area contributed by atoms with E-state index in [0.717, 1.165) is 0 Å². The van der Waals surface area contributed by atoms with Crippen molar-refractivity contribution >= 4 is 5.91 Å². The number of hydrogen-bond acceptors (Lipinski definition) is 5. The van der Waals surface area contributed by atoms with E-state index in [0.29, 0.717) is 29.6 Å². The molecule has 102 valence electrons. The van der Waals surface area contributed by atoms with Crippen molar-refractivity contribution in [1.82, 2.24) is 24.6 Å². The number of nitrogens with zero attached hydrogens (tertiary/aromatic N) is 5. The van der Waals surface area contributed by atoms with E-state index < -0.39 is 0 Å². The van der Waals surface area contributed by atoms with Crippen molar-refractivity contribution in [2.24, 2.45) is 7.05 Å². The van der Waals surface area contributed by atoms with E-state index in [1.54, 1.807) is 25.0 Å². The van der Waals surface area contributed by atoms with Crippen LogP contribution in [-0.2, 0) is 20.0 Å². The first-order chi connectivity index (χ1) is 9.02. The SMILES string of the molecule is CCc1nnc(CN(C)C(=O)c2c(C)ncn2C)o1. The van der Waals surface area contributed by atoms with E-state index in [4.69, 9.17) is 4.42 Å². The van der Waals surface area contributed by atoms with Gasteiger partial charge >= 0.3 is 0 Å².